The van der Waals surface area contributed by atoms with Gasteiger partial charge in [-0.25, -0.2) is 0 Å². The van der Waals surface area contributed by atoms with Gasteiger partial charge in [0.25, 0.3) is 0 Å². The predicted molar refractivity (Wildman–Crippen MR) is 69.0 cm³/mol. The molecule has 0 radical (unpaired) electrons. The fraction of sp³-hybridized carbons (Fsp3) is 0.600. The SMILES string of the molecule is CCCc1cccc(C(O)C2(OC)CCC2)c1. The predicted octanol–water partition coefficient (Wildman–Crippen LogP) is 3.24. The molecular weight excluding hydrogens is 212 g/mol. The lowest BCUT2D eigenvalue weighted by atomic mass is 9.73. The van der Waals surface area contributed by atoms with Gasteiger partial charge in [-0.2, -0.15) is 0 Å². The summed E-state index contributed by atoms with van der Waals surface area (Å²) in [6.07, 6.45) is 4.79. The average Bonchev–Trinajstić information content (AvgIpc) is 2.29. The second-order valence-electron chi connectivity index (χ2n) is 5.02. The standard InChI is InChI=1S/C15H22O2/c1-3-6-12-7-4-8-13(11-12)14(16)15(17-2)9-5-10-15/h4,7-8,11,14,16H,3,5-6,9-10H2,1-2H3. The van der Waals surface area contributed by atoms with Crippen LogP contribution in [0.3, 0.4) is 0 Å². The van der Waals surface area contributed by atoms with E-state index in [2.05, 4.69) is 19.1 Å². The molecule has 1 unspecified atom stereocenters. The summed E-state index contributed by atoms with van der Waals surface area (Å²) in [7, 11) is 1.71. The van der Waals surface area contributed by atoms with E-state index in [-0.39, 0.29) is 5.60 Å². The molecular formula is C15H22O2. The number of aryl methyl sites for hydroxylation is 1. The Morgan fingerprint density at radius 1 is 1.41 bits per heavy atom. The maximum absolute atomic E-state index is 10.5. The summed E-state index contributed by atoms with van der Waals surface area (Å²) in [6.45, 7) is 2.17. The van der Waals surface area contributed by atoms with Gasteiger partial charge >= 0.3 is 0 Å². The van der Waals surface area contributed by atoms with Crippen LogP contribution in [0.25, 0.3) is 0 Å². The molecule has 1 aromatic rings. The minimum absolute atomic E-state index is 0.329. The van der Waals surface area contributed by atoms with Crippen LogP contribution in [0, 0.1) is 0 Å². The third-order valence-electron chi connectivity index (χ3n) is 3.91. The Morgan fingerprint density at radius 2 is 2.18 bits per heavy atom. The maximum Gasteiger partial charge on any atom is 0.108 e. The van der Waals surface area contributed by atoms with Crippen LogP contribution in [0.2, 0.25) is 0 Å². The fourth-order valence-electron chi connectivity index (χ4n) is 2.63. The highest BCUT2D eigenvalue weighted by Gasteiger charge is 2.44. The summed E-state index contributed by atoms with van der Waals surface area (Å²) >= 11 is 0. The molecule has 0 saturated heterocycles. The van der Waals surface area contributed by atoms with E-state index in [4.69, 9.17) is 4.74 Å². The van der Waals surface area contributed by atoms with E-state index < -0.39 is 6.10 Å². The van der Waals surface area contributed by atoms with Crippen LogP contribution in [-0.2, 0) is 11.2 Å². The van der Waals surface area contributed by atoms with Crippen LogP contribution in [-0.4, -0.2) is 17.8 Å². The van der Waals surface area contributed by atoms with Gasteiger partial charge in [-0.1, -0.05) is 37.6 Å². The van der Waals surface area contributed by atoms with Gasteiger partial charge in [0.15, 0.2) is 0 Å². The Labute approximate surface area is 104 Å². The Balaban J connectivity index is 2.18. The van der Waals surface area contributed by atoms with Gasteiger partial charge in [0, 0.05) is 7.11 Å². The average molecular weight is 234 g/mol. The number of aliphatic hydroxyl groups excluding tert-OH is 1. The molecule has 1 fully saturated rings. The summed E-state index contributed by atoms with van der Waals surface area (Å²) < 4.78 is 5.54. The van der Waals surface area contributed by atoms with Crippen molar-refractivity contribution in [1.29, 1.82) is 0 Å². The van der Waals surface area contributed by atoms with Gasteiger partial charge < -0.3 is 9.84 Å². The van der Waals surface area contributed by atoms with Crippen molar-refractivity contribution in [2.45, 2.75) is 50.7 Å². The van der Waals surface area contributed by atoms with E-state index >= 15 is 0 Å². The lowest BCUT2D eigenvalue weighted by molar-refractivity contribution is -0.151. The zero-order valence-corrected chi connectivity index (χ0v) is 10.8. The summed E-state index contributed by atoms with van der Waals surface area (Å²) in [6, 6.07) is 8.28. The largest absolute Gasteiger partial charge is 0.385 e. The van der Waals surface area contributed by atoms with Crippen molar-refractivity contribution in [1.82, 2.24) is 0 Å². The monoisotopic (exact) mass is 234 g/mol. The minimum atomic E-state index is -0.488. The summed E-state index contributed by atoms with van der Waals surface area (Å²) in [4.78, 5) is 0. The van der Waals surface area contributed by atoms with Gasteiger partial charge in [-0.3, -0.25) is 0 Å². The van der Waals surface area contributed by atoms with Crippen LogP contribution in [0.4, 0.5) is 0 Å². The molecule has 1 N–H and O–H groups in total. The molecule has 0 aliphatic heterocycles. The van der Waals surface area contributed by atoms with Crippen molar-refractivity contribution in [3.05, 3.63) is 35.4 Å². The normalized spacial score (nSPS) is 19.7. The summed E-state index contributed by atoms with van der Waals surface area (Å²) in [5.41, 5.74) is 1.97. The van der Waals surface area contributed by atoms with Crippen molar-refractivity contribution in [2.24, 2.45) is 0 Å². The van der Waals surface area contributed by atoms with Gasteiger partial charge in [-0.05, 0) is 36.8 Å². The smallest absolute Gasteiger partial charge is 0.108 e. The molecule has 1 atom stereocenters. The molecule has 2 heteroatoms. The third-order valence-corrected chi connectivity index (χ3v) is 3.91. The van der Waals surface area contributed by atoms with Gasteiger partial charge in [-0.15, -0.1) is 0 Å². The van der Waals surface area contributed by atoms with E-state index in [1.807, 2.05) is 12.1 Å². The fourth-order valence-corrected chi connectivity index (χ4v) is 2.63. The highest BCUT2D eigenvalue weighted by Crippen LogP contribution is 2.44. The zero-order chi connectivity index (χ0) is 12.3. The molecule has 2 nitrogen and oxygen atoms in total. The number of rotatable bonds is 5. The van der Waals surface area contributed by atoms with Crippen LogP contribution in [0.15, 0.2) is 24.3 Å². The molecule has 0 heterocycles. The maximum atomic E-state index is 10.5. The van der Waals surface area contributed by atoms with Crippen LogP contribution >= 0.6 is 0 Å². The molecule has 1 aliphatic rings. The zero-order valence-electron chi connectivity index (χ0n) is 10.8. The molecule has 0 aromatic heterocycles. The number of benzene rings is 1. The number of methoxy groups -OCH3 is 1. The Morgan fingerprint density at radius 3 is 2.71 bits per heavy atom. The van der Waals surface area contributed by atoms with Crippen molar-refractivity contribution in [3.63, 3.8) is 0 Å². The van der Waals surface area contributed by atoms with Crippen LogP contribution in [0.1, 0.15) is 49.8 Å². The number of aliphatic hydroxyl groups is 1. The van der Waals surface area contributed by atoms with Crippen LogP contribution < -0.4 is 0 Å². The highest BCUT2D eigenvalue weighted by molar-refractivity contribution is 5.27. The van der Waals surface area contributed by atoms with Gasteiger partial charge in [0.2, 0.25) is 0 Å². The minimum Gasteiger partial charge on any atom is -0.385 e. The first-order valence-electron chi connectivity index (χ1n) is 6.54. The Kier molecular flexibility index (Phi) is 3.85. The van der Waals surface area contributed by atoms with Crippen molar-refractivity contribution in [2.75, 3.05) is 7.11 Å². The van der Waals surface area contributed by atoms with Gasteiger partial charge in [0.1, 0.15) is 6.10 Å². The summed E-state index contributed by atoms with van der Waals surface area (Å²) in [5, 5.41) is 10.5. The molecule has 0 amide bonds. The van der Waals surface area contributed by atoms with E-state index in [0.717, 1.165) is 37.7 Å². The lowest BCUT2D eigenvalue weighted by Crippen LogP contribution is -2.45. The second-order valence-corrected chi connectivity index (χ2v) is 5.02. The van der Waals surface area contributed by atoms with E-state index in [1.54, 1.807) is 7.11 Å². The molecule has 1 saturated carbocycles. The first-order valence-corrected chi connectivity index (χ1v) is 6.54. The van der Waals surface area contributed by atoms with E-state index in [1.165, 1.54) is 5.56 Å². The molecule has 2 rings (SSSR count). The molecule has 1 aromatic carbocycles. The first-order chi connectivity index (χ1) is 8.22. The lowest BCUT2D eigenvalue weighted by Gasteiger charge is -2.44. The second kappa shape index (κ2) is 5.19. The van der Waals surface area contributed by atoms with Crippen molar-refractivity contribution < 1.29 is 9.84 Å². The quantitative estimate of drug-likeness (QED) is 0.847. The van der Waals surface area contributed by atoms with E-state index in [0.29, 0.717) is 0 Å². The third kappa shape index (κ3) is 2.38. The first kappa shape index (κ1) is 12.6. The van der Waals surface area contributed by atoms with Gasteiger partial charge in [0.05, 0.1) is 5.60 Å². The Bertz CT molecular complexity index is 363. The highest BCUT2D eigenvalue weighted by atomic mass is 16.5. The van der Waals surface area contributed by atoms with Crippen molar-refractivity contribution in [3.8, 4) is 0 Å². The number of hydrogen-bond acceptors (Lipinski definition) is 2. The number of hydrogen-bond donors (Lipinski definition) is 1. The topological polar surface area (TPSA) is 29.5 Å². The van der Waals surface area contributed by atoms with E-state index in [9.17, 15) is 5.11 Å². The number of ether oxygens (including phenoxy) is 1. The molecule has 0 bridgehead atoms. The van der Waals surface area contributed by atoms with Crippen molar-refractivity contribution >= 4 is 0 Å². The Hall–Kier alpha value is -0.860. The molecule has 0 spiro atoms. The molecule has 17 heavy (non-hydrogen) atoms. The van der Waals surface area contributed by atoms with Crippen LogP contribution in [0.5, 0.6) is 0 Å². The molecule has 1 aliphatic carbocycles. The summed E-state index contributed by atoms with van der Waals surface area (Å²) in [5.74, 6) is 0. The molecule has 94 valence electrons.